The quantitative estimate of drug-likeness (QED) is 0.759. The molecule has 2 nitrogen and oxygen atoms in total. The van der Waals surface area contributed by atoms with Crippen LogP contribution in [0.3, 0.4) is 0 Å². The summed E-state index contributed by atoms with van der Waals surface area (Å²) in [6.45, 7) is 0.244. The van der Waals surface area contributed by atoms with Crippen LogP contribution in [0.2, 0.25) is 0 Å². The van der Waals surface area contributed by atoms with Crippen molar-refractivity contribution < 1.29 is 22.7 Å². The Labute approximate surface area is 96.4 Å². The third-order valence-electron chi connectivity index (χ3n) is 2.64. The number of halogens is 3. The van der Waals surface area contributed by atoms with Gasteiger partial charge < -0.3 is 4.74 Å². The summed E-state index contributed by atoms with van der Waals surface area (Å²) in [4.78, 5) is 10.7. The van der Waals surface area contributed by atoms with Crippen LogP contribution in [0.15, 0.2) is 18.2 Å². The predicted octanol–water partition coefficient (Wildman–Crippen LogP) is 3.31. The lowest BCUT2D eigenvalue weighted by atomic mass is 10.1. The average molecular weight is 244 g/mol. The minimum atomic E-state index is -4.50. The van der Waals surface area contributed by atoms with Crippen molar-refractivity contribution in [3.63, 3.8) is 0 Å². The number of hydrogen-bond acceptors (Lipinski definition) is 2. The van der Waals surface area contributed by atoms with E-state index in [0.29, 0.717) is 12.2 Å². The van der Waals surface area contributed by atoms with Crippen molar-refractivity contribution in [3.8, 4) is 5.75 Å². The lowest BCUT2D eigenvalue weighted by Crippen LogP contribution is -2.11. The molecule has 0 unspecified atom stereocenters. The average Bonchev–Trinajstić information content (AvgIpc) is 3.08. The molecule has 1 aliphatic carbocycles. The molecule has 17 heavy (non-hydrogen) atoms. The maximum atomic E-state index is 12.7. The van der Waals surface area contributed by atoms with Gasteiger partial charge in [0.05, 0.1) is 17.7 Å². The zero-order valence-electron chi connectivity index (χ0n) is 8.96. The van der Waals surface area contributed by atoms with Gasteiger partial charge in [0, 0.05) is 0 Å². The molecule has 0 atom stereocenters. The minimum absolute atomic E-state index is 0.0551. The number of para-hydroxylation sites is 1. The molecule has 0 saturated heterocycles. The Bertz CT molecular complexity index is 422. The molecule has 5 heteroatoms. The third kappa shape index (κ3) is 2.78. The highest BCUT2D eigenvalue weighted by Gasteiger charge is 2.36. The minimum Gasteiger partial charge on any atom is -0.492 e. The molecule has 0 aromatic heterocycles. The van der Waals surface area contributed by atoms with Crippen LogP contribution in [0, 0.1) is 5.92 Å². The van der Waals surface area contributed by atoms with E-state index in [1.165, 1.54) is 12.1 Å². The Morgan fingerprint density at radius 3 is 2.59 bits per heavy atom. The highest BCUT2D eigenvalue weighted by Crippen LogP contribution is 2.39. The van der Waals surface area contributed by atoms with Crippen molar-refractivity contribution in [2.24, 2.45) is 5.92 Å². The summed E-state index contributed by atoms with van der Waals surface area (Å²) in [7, 11) is 0. The van der Waals surface area contributed by atoms with E-state index in [1.54, 1.807) is 0 Å². The fraction of sp³-hybridized carbons (Fsp3) is 0.417. The lowest BCUT2D eigenvalue weighted by Gasteiger charge is -2.15. The van der Waals surface area contributed by atoms with Crippen LogP contribution in [0.5, 0.6) is 5.75 Å². The van der Waals surface area contributed by atoms with Crippen LogP contribution < -0.4 is 4.74 Å². The number of alkyl halides is 3. The van der Waals surface area contributed by atoms with Gasteiger partial charge in [0.1, 0.15) is 5.75 Å². The second-order valence-corrected chi connectivity index (χ2v) is 4.09. The third-order valence-corrected chi connectivity index (χ3v) is 2.64. The SMILES string of the molecule is O=Cc1cccc(C(F)(F)F)c1OCC1CC1. The molecule has 0 spiro atoms. The molecule has 0 N–H and O–H groups in total. The number of aldehydes is 1. The van der Waals surface area contributed by atoms with Crippen molar-refractivity contribution in [3.05, 3.63) is 29.3 Å². The van der Waals surface area contributed by atoms with Crippen molar-refractivity contribution in [2.45, 2.75) is 19.0 Å². The topological polar surface area (TPSA) is 26.3 Å². The van der Waals surface area contributed by atoms with Crippen molar-refractivity contribution in [1.82, 2.24) is 0 Å². The van der Waals surface area contributed by atoms with Gasteiger partial charge in [0.2, 0.25) is 0 Å². The van der Waals surface area contributed by atoms with Crippen LogP contribution >= 0.6 is 0 Å². The van der Waals surface area contributed by atoms with Crippen molar-refractivity contribution in [2.75, 3.05) is 6.61 Å². The highest BCUT2D eigenvalue weighted by molar-refractivity contribution is 5.80. The van der Waals surface area contributed by atoms with E-state index in [-0.39, 0.29) is 17.9 Å². The smallest absolute Gasteiger partial charge is 0.419 e. The molecule has 1 aliphatic rings. The molecule has 1 fully saturated rings. The predicted molar refractivity (Wildman–Crippen MR) is 55.1 cm³/mol. The monoisotopic (exact) mass is 244 g/mol. The molecule has 1 aromatic rings. The summed E-state index contributed by atoms with van der Waals surface area (Å²) < 4.78 is 43.3. The summed E-state index contributed by atoms with van der Waals surface area (Å²) in [6.07, 6.45) is -2.16. The van der Waals surface area contributed by atoms with Crippen LogP contribution in [0.4, 0.5) is 13.2 Å². The first kappa shape index (κ1) is 12.0. The number of benzene rings is 1. The number of rotatable bonds is 4. The Morgan fingerprint density at radius 1 is 1.35 bits per heavy atom. The van der Waals surface area contributed by atoms with Crippen LogP contribution in [0.1, 0.15) is 28.8 Å². The van der Waals surface area contributed by atoms with Gasteiger partial charge in [-0.05, 0) is 30.9 Å². The van der Waals surface area contributed by atoms with Crippen LogP contribution in [-0.2, 0) is 6.18 Å². The first-order valence-electron chi connectivity index (χ1n) is 5.30. The second-order valence-electron chi connectivity index (χ2n) is 4.09. The Kier molecular flexibility index (Phi) is 3.09. The van der Waals surface area contributed by atoms with Crippen LogP contribution in [0.25, 0.3) is 0 Å². The van der Waals surface area contributed by atoms with Gasteiger partial charge in [-0.3, -0.25) is 4.79 Å². The molecule has 0 bridgehead atoms. The van der Waals surface area contributed by atoms with Crippen molar-refractivity contribution >= 4 is 6.29 Å². The zero-order chi connectivity index (χ0) is 12.5. The first-order valence-corrected chi connectivity index (χ1v) is 5.30. The number of hydrogen-bond donors (Lipinski definition) is 0. The Morgan fingerprint density at radius 2 is 2.06 bits per heavy atom. The molecular formula is C12H11F3O2. The van der Waals surface area contributed by atoms with Gasteiger partial charge in [-0.25, -0.2) is 0 Å². The van der Waals surface area contributed by atoms with Gasteiger partial charge in [-0.15, -0.1) is 0 Å². The Balaban J connectivity index is 2.31. The molecule has 92 valence electrons. The van der Waals surface area contributed by atoms with E-state index >= 15 is 0 Å². The second kappa shape index (κ2) is 4.39. The highest BCUT2D eigenvalue weighted by atomic mass is 19.4. The summed E-state index contributed by atoms with van der Waals surface area (Å²) in [5.41, 5.74) is -0.941. The summed E-state index contributed by atoms with van der Waals surface area (Å²) in [6, 6.07) is 3.45. The maximum absolute atomic E-state index is 12.7. The number of carbonyl (C=O) groups is 1. The van der Waals surface area contributed by atoms with Gasteiger partial charge in [0.25, 0.3) is 0 Å². The van der Waals surface area contributed by atoms with E-state index in [0.717, 1.165) is 18.9 Å². The normalized spacial score (nSPS) is 15.7. The molecule has 0 heterocycles. The molecule has 1 aromatic carbocycles. The van der Waals surface area contributed by atoms with E-state index < -0.39 is 11.7 Å². The lowest BCUT2D eigenvalue weighted by molar-refractivity contribution is -0.139. The van der Waals surface area contributed by atoms with Gasteiger partial charge in [-0.1, -0.05) is 6.07 Å². The van der Waals surface area contributed by atoms with Gasteiger partial charge in [0.15, 0.2) is 6.29 Å². The molecule has 1 saturated carbocycles. The number of carbonyl (C=O) groups excluding carboxylic acids is 1. The fourth-order valence-electron chi connectivity index (χ4n) is 1.52. The van der Waals surface area contributed by atoms with Crippen molar-refractivity contribution in [1.29, 1.82) is 0 Å². The van der Waals surface area contributed by atoms with Gasteiger partial charge in [-0.2, -0.15) is 13.2 Å². The first-order chi connectivity index (χ1) is 8.02. The zero-order valence-corrected chi connectivity index (χ0v) is 8.96. The molecule has 0 aliphatic heterocycles. The molecule has 0 radical (unpaired) electrons. The molecule has 2 rings (SSSR count). The van der Waals surface area contributed by atoms with E-state index in [2.05, 4.69) is 0 Å². The standard InChI is InChI=1S/C12H11F3O2/c13-12(14,15)10-3-1-2-9(6-16)11(10)17-7-8-4-5-8/h1-3,6,8H,4-5,7H2. The van der Waals surface area contributed by atoms with E-state index in [1.807, 2.05) is 0 Å². The van der Waals surface area contributed by atoms with Gasteiger partial charge >= 0.3 is 6.18 Å². The summed E-state index contributed by atoms with van der Waals surface area (Å²) in [5.74, 6) is -0.0160. The molecular weight excluding hydrogens is 233 g/mol. The summed E-state index contributed by atoms with van der Waals surface area (Å²) in [5, 5.41) is 0. The fourth-order valence-corrected chi connectivity index (χ4v) is 1.52. The Hall–Kier alpha value is -1.52. The maximum Gasteiger partial charge on any atom is 0.419 e. The largest absolute Gasteiger partial charge is 0.492 e. The van der Waals surface area contributed by atoms with E-state index in [9.17, 15) is 18.0 Å². The molecule has 0 amide bonds. The number of ether oxygens (including phenoxy) is 1. The van der Waals surface area contributed by atoms with E-state index in [4.69, 9.17) is 4.74 Å². The summed E-state index contributed by atoms with van der Waals surface area (Å²) >= 11 is 0. The van der Waals surface area contributed by atoms with Crippen LogP contribution in [-0.4, -0.2) is 12.9 Å².